The number of nitrogens with zero attached hydrogens (tertiary/aromatic N) is 2. The van der Waals surface area contributed by atoms with E-state index in [4.69, 9.17) is 25.8 Å². The van der Waals surface area contributed by atoms with Crippen LogP contribution in [0, 0.1) is 5.82 Å². The van der Waals surface area contributed by atoms with E-state index in [1.165, 1.54) is 18.2 Å². The van der Waals surface area contributed by atoms with Gasteiger partial charge in [0.2, 0.25) is 5.91 Å². The van der Waals surface area contributed by atoms with Crippen molar-refractivity contribution in [3.8, 4) is 5.75 Å². The van der Waals surface area contributed by atoms with Crippen LogP contribution < -0.4 is 10.1 Å². The number of carbonyl (C=O) groups excluding carboxylic acids is 1. The molecule has 4 rings (SSSR count). The van der Waals surface area contributed by atoms with Gasteiger partial charge < -0.3 is 24.1 Å². The first kappa shape index (κ1) is 24.9. The normalized spacial score (nSPS) is 15.9. The molecule has 1 amide bonds. The molecule has 0 bridgehead atoms. The van der Waals surface area contributed by atoms with Crippen LogP contribution in [0.3, 0.4) is 0 Å². The molecule has 3 aromatic rings. The fraction of sp³-hybridized carbons (Fsp3) is 0.308. The number of imidazole rings is 1. The summed E-state index contributed by atoms with van der Waals surface area (Å²) in [5, 5.41) is 3.38. The number of rotatable bonds is 10. The molecule has 1 aromatic heterocycles. The third-order valence-corrected chi connectivity index (χ3v) is 5.54. The van der Waals surface area contributed by atoms with E-state index in [0.717, 1.165) is 24.8 Å². The molecule has 0 spiro atoms. The van der Waals surface area contributed by atoms with Gasteiger partial charge in [-0.25, -0.2) is 9.37 Å². The van der Waals surface area contributed by atoms with Crippen LogP contribution in [-0.4, -0.2) is 41.6 Å². The van der Waals surface area contributed by atoms with Crippen LogP contribution in [0.5, 0.6) is 5.75 Å². The molecular weight excluding hydrogens is 473 g/mol. The molecule has 1 N–H and O–H groups in total. The van der Waals surface area contributed by atoms with E-state index < -0.39 is 5.82 Å². The van der Waals surface area contributed by atoms with Crippen molar-refractivity contribution in [3.05, 3.63) is 83.0 Å². The van der Waals surface area contributed by atoms with Crippen molar-refractivity contribution >= 4 is 29.4 Å². The van der Waals surface area contributed by atoms with Crippen LogP contribution in [0.4, 0.5) is 10.2 Å². The maximum absolute atomic E-state index is 14.1. The number of halogens is 2. The van der Waals surface area contributed by atoms with Gasteiger partial charge in [0.05, 0.1) is 12.9 Å². The summed E-state index contributed by atoms with van der Waals surface area (Å²) in [4.78, 5) is 16.5. The lowest BCUT2D eigenvalue weighted by atomic mass is 10.2. The second-order valence-electron chi connectivity index (χ2n) is 8.09. The lowest BCUT2D eigenvalue weighted by Gasteiger charge is -2.22. The van der Waals surface area contributed by atoms with Gasteiger partial charge >= 0.3 is 0 Å². The highest BCUT2D eigenvalue weighted by atomic mass is 35.5. The summed E-state index contributed by atoms with van der Waals surface area (Å²) in [5.41, 5.74) is 1.65. The van der Waals surface area contributed by atoms with E-state index in [-0.39, 0.29) is 24.6 Å². The highest BCUT2D eigenvalue weighted by Crippen LogP contribution is 2.20. The maximum Gasteiger partial charge on any atom is 0.249 e. The summed E-state index contributed by atoms with van der Waals surface area (Å²) in [5.74, 6) is -0.316. The van der Waals surface area contributed by atoms with E-state index in [1.54, 1.807) is 24.7 Å². The molecule has 1 aliphatic rings. The van der Waals surface area contributed by atoms with Crippen LogP contribution in [0.15, 0.2) is 61.1 Å². The minimum atomic E-state index is -0.481. The minimum absolute atomic E-state index is 0.0977. The third kappa shape index (κ3) is 7.92. The number of aromatic nitrogens is 2. The van der Waals surface area contributed by atoms with Gasteiger partial charge in [-0.1, -0.05) is 29.8 Å². The molecule has 2 aromatic carbocycles. The summed E-state index contributed by atoms with van der Waals surface area (Å²) < 4.78 is 32.6. The first-order valence-electron chi connectivity index (χ1n) is 11.5. The minimum Gasteiger partial charge on any atom is -0.488 e. The Morgan fingerprint density at radius 1 is 1.26 bits per heavy atom. The molecule has 0 aliphatic carbocycles. The molecule has 7 nitrogen and oxygen atoms in total. The average molecular weight is 500 g/mol. The molecule has 9 heteroatoms. The Morgan fingerprint density at radius 2 is 2.17 bits per heavy atom. The number of hydrogen-bond acceptors (Lipinski definition) is 5. The van der Waals surface area contributed by atoms with Gasteiger partial charge in [0, 0.05) is 30.4 Å². The van der Waals surface area contributed by atoms with Crippen molar-refractivity contribution in [2.45, 2.75) is 32.1 Å². The number of hydrogen-bond donors (Lipinski definition) is 1. The van der Waals surface area contributed by atoms with Gasteiger partial charge in [-0.05, 0) is 60.7 Å². The Balaban J connectivity index is 1.26. The fourth-order valence-electron chi connectivity index (χ4n) is 3.61. The van der Waals surface area contributed by atoms with Crippen LogP contribution in [0.25, 0.3) is 6.08 Å². The standard InChI is InChI=1S/C26H27ClFN3O4/c27-21-5-3-4-20(14-21)16-31-17-24(29-18-31)30-25(32)10-8-19-7-9-22(28)23(15-19)33-12-13-35-26-6-1-2-11-34-26/h3-5,7-10,14-15,17-18,26H,1-2,6,11-13,16H2,(H,30,32)/b10-8+. The van der Waals surface area contributed by atoms with E-state index in [0.29, 0.717) is 36.2 Å². The zero-order chi connectivity index (χ0) is 24.5. The predicted octanol–water partition coefficient (Wildman–Crippen LogP) is 5.30. The number of anilines is 1. The van der Waals surface area contributed by atoms with Gasteiger partial charge in [-0.15, -0.1) is 0 Å². The van der Waals surface area contributed by atoms with E-state index in [1.807, 2.05) is 28.8 Å². The first-order valence-corrected chi connectivity index (χ1v) is 11.8. The molecule has 0 radical (unpaired) electrons. The highest BCUT2D eigenvalue weighted by molar-refractivity contribution is 6.30. The smallest absolute Gasteiger partial charge is 0.249 e. The lowest BCUT2D eigenvalue weighted by Crippen LogP contribution is -2.24. The van der Waals surface area contributed by atoms with E-state index >= 15 is 0 Å². The molecule has 1 aliphatic heterocycles. The molecular formula is C26H27ClFN3O4. The van der Waals surface area contributed by atoms with Gasteiger partial charge in [0.1, 0.15) is 6.61 Å². The molecule has 1 saturated heterocycles. The largest absolute Gasteiger partial charge is 0.488 e. The van der Waals surface area contributed by atoms with Crippen molar-refractivity contribution in [3.63, 3.8) is 0 Å². The molecule has 1 atom stereocenters. The molecule has 35 heavy (non-hydrogen) atoms. The van der Waals surface area contributed by atoms with Crippen LogP contribution in [-0.2, 0) is 20.8 Å². The fourth-order valence-corrected chi connectivity index (χ4v) is 3.82. The van der Waals surface area contributed by atoms with Crippen molar-refractivity contribution in [1.29, 1.82) is 0 Å². The second-order valence-corrected chi connectivity index (χ2v) is 8.53. The number of benzene rings is 2. The molecule has 184 valence electrons. The number of ether oxygens (including phenoxy) is 3. The van der Waals surface area contributed by atoms with E-state index in [2.05, 4.69) is 10.3 Å². The monoisotopic (exact) mass is 499 g/mol. The number of nitrogens with one attached hydrogen (secondary N) is 1. The Hall–Kier alpha value is -3.20. The van der Waals surface area contributed by atoms with Crippen molar-refractivity contribution in [1.82, 2.24) is 9.55 Å². The average Bonchev–Trinajstić information content (AvgIpc) is 3.29. The summed E-state index contributed by atoms with van der Waals surface area (Å²) in [6, 6.07) is 11.9. The first-order chi connectivity index (χ1) is 17.0. The number of amides is 1. The molecule has 0 saturated carbocycles. The Bertz CT molecular complexity index is 1160. The predicted molar refractivity (Wildman–Crippen MR) is 132 cm³/mol. The van der Waals surface area contributed by atoms with Gasteiger partial charge in [0.25, 0.3) is 0 Å². The van der Waals surface area contributed by atoms with Crippen LogP contribution >= 0.6 is 11.6 Å². The van der Waals surface area contributed by atoms with Crippen LogP contribution in [0.1, 0.15) is 30.4 Å². The lowest BCUT2D eigenvalue weighted by molar-refractivity contribution is -0.165. The van der Waals surface area contributed by atoms with Gasteiger partial charge in [-0.2, -0.15) is 0 Å². The van der Waals surface area contributed by atoms with Gasteiger partial charge in [-0.3, -0.25) is 4.79 Å². The zero-order valence-corrected chi connectivity index (χ0v) is 19.9. The Kier molecular flexibility index (Phi) is 8.89. The van der Waals surface area contributed by atoms with Crippen LogP contribution in [0.2, 0.25) is 5.02 Å². The quantitative estimate of drug-likeness (QED) is 0.303. The number of carbonyl (C=O) groups is 1. The molecule has 2 heterocycles. The topological polar surface area (TPSA) is 74.6 Å². The van der Waals surface area contributed by atoms with Crippen molar-refractivity contribution in [2.24, 2.45) is 0 Å². The summed E-state index contributed by atoms with van der Waals surface area (Å²) >= 11 is 6.02. The van der Waals surface area contributed by atoms with Crippen molar-refractivity contribution < 1.29 is 23.4 Å². The third-order valence-electron chi connectivity index (χ3n) is 5.30. The summed E-state index contributed by atoms with van der Waals surface area (Å²) in [6.45, 7) is 1.78. The summed E-state index contributed by atoms with van der Waals surface area (Å²) in [6.07, 6.45) is 9.07. The van der Waals surface area contributed by atoms with Crippen molar-refractivity contribution in [2.75, 3.05) is 25.1 Å². The molecule has 1 fully saturated rings. The summed E-state index contributed by atoms with van der Waals surface area (Å²) in [7, 11) is 0. The Labute approximate surface area is 208 Å². The molecule has 1 unspecified atom stereocenters. The zero-order valence-electron chi connectivity index (χ0n) is 19.2. The van der Waals surface area contributed by atoms with E-state index in [9.17, 15) is 9.18 Å². The second kappa shape index (κ2) is 12.5. The SMILES string of the molecule is O=C(/C=C/c1ccc(F)c(OCCOC2CCCCO2)c1)Nc1cn(Cc2cccc(Cl)c2)cn1. The highest BCUT2D eigenvalue weighted by Gasteiger charge is 2.14. The van der Waals surface area contributed by atoms with Gasteiger partial charge in [0.15, 0.2) is 23.7 Å². The Morgan fingerprint density at radius 3 is 3.00 bits per heavy atom. The maximum atomic E-state index is 14.1.